The quantitative estimate of drug-likeness (QED) is 0.0163. The number of nitrogens with one attached hydrogen (secondary N) is 9. The highest BCUT2D eigenvalue weighted by atomic mass is 16.3. The Morgan fingerprint density at radius 1 is 0.616 bits per heavy atom. The minimum absolute atomic E-state index is 0.0630. The van der Waals surface area contributed by atoms with Gasteiger partial charge in [0.1, 0.15) is 47.7 Å². The Labute approximate surface area is 572 Å². The number of aromatic hydroxyl groups is 1. The van der Waals surface area contributed by atoms with Crippen LogP contribution in [0.25, 0.3) is 32.7 Å². The third kappa shape index (κ3) is 17.7. The van der Waals surface area contributed by atoms with Crippen LogP contribution in [0.2, 0.25) is 0 Å². The normalized spacial score (nSPS) is 15.3. The van der Waals surface area contributed by atoms with Crippen molar-refractivity contribution in [3.05, 3.63) is 167 Å². The summed E-state index contributed by atoms with van der Waals surface area (Å²) in [5, 5.41) is 40.4. The number of carbonyl (C=O) groups excluding carboxylic acids is 9. The van der Waals surface area contributed by atoms with Gasteiger partial charge in [-0.1, -0.05) is 98.8 Å². The van der Waals surface area contributed by atoms with Crippen molar-refractivity contribution in [3.63, 3.8) is 0 Å². The van der Waals surface area contributed by atoms with Crippen LogP contribution in [0, 0.1) is 5.92 Å². The summed E-state index contributed by atoms with van der Waals surface area (Å²) in [6.45, 7) is 3.57. The fraction of sp³-hybridized carbons (Fsp3) is 0.370. The maximum atomic E-state index is 15.2. The predicted octanol–water partition coefficient (Wildman–Crippen LogP) is 3.61. The van der Waals surface area contributed by atoms with E-state index in [-0.39, 0.29) is 112 Å². The van der Waals surface area contributed by atoms with Crippen LogP contribution in [0.3, 0.4) is 0 Å². The zero-order valence-electron chi connectivity index (χ0n) is 55.5. The van der Waals surface area contributed by atoms with Gasteiger partial charge in [-0.2, -0.15) is 0 Å². The monoisotopic (exact) mass is 1350 g/mol. The van der Waals surface area contributed by atoms with Gasteiger partial charge < -0.3 is 84.1 Å². The Morgan fingerprint density at radius 2 is 1.18 bits per heavy atom. The maximum Gasteiger partial charge on any atom is 0.275 e. The van der Waals surface area contributed by atoms with E-state index in [1.165, 1.54) is 29.2 Å². The van der Waals surface area contributed by atoms with Gasteiger partial charge in [-0.3, -0.25) is 48.1 Å². The van der Waals surface area contributed by atoms with Crippen molar-refractivity contribution in [1.82, 2.24) is 51.8 Å². The van der Waals surface area contributed by atoms with E-state index >= 15 is 14.4 Å². The molecule has 0 bridgehead atoms. The number of nitrogens with zero attached hydrogens (tertiary/aromatic N) is 3. The summed E-state index contributed by atoms with van der Waals surface area (Å²) in [4.78, 5) is 149. The number of para-hydroxylation sites is 4. The average Bonchev–Trinajstić information content (AvgIpc) is 1.64. The number of anilines is 1. The number of aromatic nitrogens is 3. The molecule has 1 saturated heterocycles. The largest absolute Gasteiger partial charge is 0.508 e. The van der Waals surface area contributed by atoms with Gasteiger partial charge in [0.15, 0.2) is 11.7 Å². The topological polar surface area (TPSA) is 411 Å². The third-order valence-electron chi connectivity index (χ3n) is 18.3. The number of aliphatic hydroxyl groups excluding tert-OH is 1. The molecule has 5 aromatic carbocycles. The third-order valence-corrected chi connectivity index (χ3v) is 18.3. The molecular formula is C73H87N15O11. The number of aryl methyl sites for hydroxylation is 1. The number of carbonyl (C=O) groups is 9. The van der Waals surface area contributed by atoms with Crippen molar-refractivity contribution in [1.29, 1.82) is 0 Å². The number of H-pyrrole nitrogens is 3. The first-order chi connectivity index (χ1) is 47.8. The molecule has 2 aliphatic rings. The van der Waals surface area contributed by atoms with Crippen molar-refractivity contribution >= 4 is 97.4 Å². The van der Waals surface area contributed by atoms with Gasteiger partial charge in [-0.15, -0.1) is 0 Å². The number of fused-ring (bicyclic) bond motifs is 4. The lowest BCUT2D eigenvalue weighted by Crippen LogP contribution is -2.61. The minimum Gasteiger partial charge on any atom is -0.508 e. The molecule has 0 radical (unpaired) electrons. The molecule has 3 aromatic heterocycles. The van der Waals surface area contributed by atoms with Gasteiger partial charge in [0.25, 0.3) is 5.91 Å². The van der Waals surface area contributed by atoms with E-state index < -0.39 is 90.3 Å². The number of benzene rings is 5. The van der Waals surface area contributed by atoms with Crippen LogP contribution in [0.4, 0.5) is 5.69 Å². The number of rotatable bonds is 32. The number of nitrogens with two attached hydrogens (primary N) is 3. The Hall–Kier alpha value is -10.9. The standard InChI is InChI=1S/C73H87N15O11/c1-42(2)35-56(66(93)82-55(20-11-32-77-73(75)76)71(98)87-33-12-22-62(87)63(91)29-31-74)83-68(95)58(37-46-40-79-53-18-8-5-15-49(46)53)85-67(94)57(36-43-23-26-47(90)27-24-43)84-70(97)60(41-89)86-69(96)59(80-64(92)28-25-45-39-78-52-17-7-4-14-48(45)52)38-51-50-16-6-9-19-54(50)81-65(51)72(99)88-34-30-44-13-3-10-21-61(44)88/h3-10,13-19,21,23-24,26-27,39-40,42,55-60,62,78-79,81,89-90H,11-12,20,22,25,28-38,41,74H2,1-2H3,(H,80,92)(H,82,93)(H,83,95)(H,84,97)(H,85,94)(H,86,96)(H4,75,76,77)/t55-,56-,57-,58+,59+,60-,62-/m0/s1. The van der Waals surface area contributed by atoms with E-state index in [2.05, 4.69) is 51.8 Å². The second-order valence-corrected chi connectivity index (χ2v) is 25.7. The zero-order valence-corrected chi connectivity index (χ0v) is 55.5. The summed E-state index contributed by atoms with van der Waals surface area (Å²) in [5.74, 6) is -6.43. The number of hydrogen-bond donors (Lipinski definition) is 14. The highest BCUT2D eigenvalue weighted by Gasteiger charge is 2.40. The first kappa shape index (κ1) is 70.9. The molecule has 26 nitrogen and oxygen atoms in total. The van der Waals surface area contributed by atoms with Crippen molar-refractivity contribution < 1.29 is 53.4 Å². The molecule has 8 amide bonds. The molecule has 26 heteroatoms. The van der Waals surface area contributed by atoms with Crippen molar-refractivity contribution in [2.24, 2.45) is 28.1 Å². The SMILES string of the molecule is CC(C)C[C@H](NC(=O)[C@@H](Cc1c[nH]c2ccccc12)NC(=O)[C@H](Cc1ccc(O)cc1)NC(=O)[C@H](CO)NC(=O)[C@@H](Cc1c(C(=O)N2CCc3ccccc32)[nH]c2ccccc12)NC(=O)CCc1c[nH]c2ccccc12)C(=O)N[C@@H](CCCN=C(N)N)C(=O)N1CCC[C@H]1C(=O)CCN. The van der Waals surface area contributed by atoms with E-state index in [1.807, 2.05) is 86.8 Å². The van der Waals surface area contributed by atoms with Gasteiger partial charge in [0.2, 0.25) is 41.4 Å². The first-order valence-electron chi connectivity index (χ1n) is 33.6. The molecule has 10 rings (SSSR count). The fourth-order valence-corrected chi connectivity index (χ4v) is 13.2. The molecular weight excluding hydrogens is 1260 g/mol. The molecule has 99 heavy (non-hydrogen) atoms. The Bertz CT molecular complexity index is 4270. The summed E-state index contributed by atoms with van der Waals surface area (Å²) in [7, 11) is 0. The van der Waals surface area contributed by atoms with E-state index in [9.17, 15) is 39.0 Å². The lowest BCUT2D eigenvalue weighted by molar-refractivity contribution is -0.141. The highest BCUT2D eigenvalue weighted by Crippen LogP contribution is 2.33. The van der Waals surface area contributed by atoms with Gasteiger partial charge in [-0.25, -0.2) is 0 Å². The van der Waals surface area contributed by atoms with E-state index in [0.29, 0.717) is 53.4 Å². The number of ketones is 1. The van der Waals surface area contributed by atoms with Crippen molar-refractivity contribution in [2.75, 3.05) is 37.7 Å². The number of guanidine groups is 1. The minimum atomic E-state index is -1.77. The summed E-state index contributed by atoms with van der Waals surface area (Å²) in [6.07, 6.45) is 5.11. The molecule has 5 heterocycles. The Morgan fingerprint density at radius 3 is 1.85 bits per heavy atom. The molecule has 0 aliphatic carbocycles. The Kier molecular flexibility index (Phi) is 23.6. The molecule has 0 unspecified atom stereocenters. The summed E-state index contributed by atoms with van der Waals surface area (Å²) >= 11 is 0. The van der Waals surface area contributed by atoms with E-state index in [1.54, 1.807) is 41.4 Å². The van der Waals surface area contributed by atoms with Crippen LogP contribution in [-0.2, 0) is 70.5 Å². The van der Waals surface area contributed by atoms with Crippen LogP contribution in [-0.4, -0.2) is 164 Å². The van der Waals surface area contributed by atoms with Crippen molar-refractivity contribution in [2.45, 2.75) is 133 Å². The lowest BCUT2D eigenvalue weighted by atomic mass is 9.99. The van der Waals surface area contributed by atoms with Crippen LogP contribution < -0.4 is 54.0 Å². The molecule has 0 saturated carbocycles. The van der Waals surface area contributed by atoms with Gasteiger partial charge in [0.05, 0.1) is 12.6 Å². The number of aliphatic hydroxyl groups is 1. The van der Waals surface area contributed by atoms with Gasteiger partial charge >= 0.3 is 0 Å². The van der Waals surface area contributed by atoms with Gasteiger partial charge in [-0.05, 0) is 122 Å². The van der Waals surface area contributed by atoms with Crippen LogP contribution in [0.15, 0.2) is 139 Å². The molecule has 0 spiro atoms. The first-order valence-corrected chi connectivity index (χ1v) is 33.6. The second-order valence-electron chi connectivity index (χ2n) is 25.7. The smallest absolute Gasteiger partial charge is 0.275 e. The summed E-state index contributed by atoms with van der Waals surface area (Å²) in [6, 6.07) is 26.0. The second kappa shape index (κ2) is 32.9. The summed E-state index contributed by atoms with van der Waals surface area (Å²) < 4.78 is 0. The summed E-state index contributed by atoms with van der Waals surface area (Å²) in [5.41, 5.74) is 23.4. The van der Waals surface area contributed by atoms with Crippen LogP contribution >= 0.6 is 0 Å². The van der Waals surface area contributed by atoms with Gasteiger partial charge in [0, 0.05) is 103 Å². The number of amides is 8. The number of likely N-dealkylation sites (tertiary alicyclic amines) is 1. The maximum absolute atomic E-state index is 15.2. The number of phenols is 1. The Balaban J connectivity index is 0.919. The van der Waals surface area contributed by atoms with E-state index in [0.717, 1.165) is 38.6 Å². The average molecular weight is 1350 g/mol. The number of Topliss-reactive ketones (excluding diaryl/α,β-unsaturated/α-hetero) is 1. The van der Waals surface area contributed by atoms with E-state index in [4.69, 9.17) is 17.2 Å². The zero-order chi connectivity index (χ0) is 70.3. The number of aliphatic imine (C=N–C) groups is 1. The lowest BCUT2D eigenvalue weighted by Gasteiger charge is -2.30. The molecule has 7 atom stereocenters. The number of aromatic amines is 3. The number of hydrogen-bond acceptors (Lipinski definition) is 13. The number of phenolic OH excluding ortho intramolecular Hbond substituents is 1. The molecule has 1 fully saturated rings. The van der Waals surface area contributed by atoms with Crippen LogP contribution in [0.5, 0.6) is 5.75 Å². The molecule has 520 valence electrons. The molecule has 17 N–H and O–H groups in total. The molecule has 2 aliphatic heterocycles. The van der Waals surface area contributed by atoms with Crippen LogP contribution in [0.1, 0.15) is 97.1 Å². The highest BCUT2D eigenvalue weighted by molar-refractivity contribution is 6.11. The van der Waals surface area contributed by atoms with Crippen molar-refractivity contribution in [3.8, 4) is 5.75 Å². The molecule has 8 aromatic rings. The fourth-order valence-electron chi connectivity index (χ4n) is 13.2. The predicted molar refractivity (Wildman–Crippen MR) is 376 cm³/mol.